The van der Waals surface area contributed by atoms with Gasteiger partial charge in [-0.1, -0.05) is 6.07 Å². The highest BCUT2D eigenvalue weighted by Crippen LogP contribution is 2.29. The normalized spacial score (nSPS) is 19.0. The van der Waals surface area contributed by atoms with E-state index in [1.807, 2.05) is 4.90 Å². The van der Waals surface area contributed by atoms with Gasteiger partial charge in [0.25, 0.3) is 0 Å². The number of nitrogens with one attached hydrogen (secondary N) is 1. The summed E-state index contributed by atoms with van der Waals surface area (Å²) in [6.45, 7) is 4.59. The maximum atomic E-state index is 13.7. The average Bonchev–Trinajstić information content (AvgIpc) is 2.80. The van der Waals surface area contributed by atoms with Crippen LogP contribution in [-0.4, -0.2) is 57.6 Å². The summed E-state index contributed by atoms with van der Waals surface area (Å²) in [5, 5.41) is 3.24. The van der Waals surface area contributed by atoms with Gasteiger partial charge in [0, 0.05) is 44.9 Å². The maximum Gasteiger partial charge on any atom is 0.433 e. The zero-order valence-electron chi connectivity index (χ0n) is 17.8. The molecule has 32 heavy (non-hydrogen) atoms. The van der Waals surface area contributed by atoms with Gasteiger partial charge in [0.1, 0.15) is 23.4 Å². The molecule has 2 fully saturated rings. The van der Waals surface area contributed by atoms with Crippen molar-refractivity contribution < 1.29 is 31.8 Å². The third-order valence-corrected chi connectivity index (χ3v) is 5.03. The molecule has 1 unspecified atom stereocenters. The molecule has 0 spiro atoms. The summed E-state index contributed by atoms with van der Waals surface area (Å²) in [7, 11) is 1.54. The predicted molar refractivity (Wildman–Crippen MR) is 112 cm³/mol. The minimum absolute atomic E-state index is 0.00433. The van der Waals surface area contributed by atoms with Gasteiger partial charge < -0.3 is 24.4 Å². The Labute approximate surface area is 184 Å². The van der Waals surface area contributed by atoms with Crippen molar-refractivity contribution in [3.8, 4) is 11.6 Å². The molecule has 10 heteroatoms. The van der Waals surface area contributed by atoms with Crippen molar-refractivity contribution in [3.05, 3.63) is 47.9 Å². The van der Waals surface area contributed by atoms with E-state index in [2.05, 4.69) is 10.3 Å². The molecule has 0 amide bonds. The fourth-order valence-electron chi connectivity index (χ4n) is 3.39. The Bertz CT molecular complexity index is 855. The van der Waals surface area contributed by atoms with Gasteiger partial charge in [-0.05, 0) is 31.0 Å². The second-order valence-electron chi connectivity index (χ2n) is 7.37. The van der Waals surface area contributed by atoms with Crippen LogP contribution in [0.5, 0.6) is 11.6 Å². The van der Waals surface area contributed by atoms with Gasteiger partial charge in [0.2, 0.25) is 5.88 Å². The molecule has 176 valence electrons. The Kier molecular flexibility index (Phi) is 8.52. The van der Waals surface area contributed by atoms with Gasteiger partial charge in [-0.3, -0.25) is 0 Å². The first-order valence-electron chi connectivity index (χ1n) is 10.4. The highest BCUT2D eigenvalue weighted by atomic mass is 19.4. The topological polar surface area (TPSA) is 55.9 Å². The average molecular weight is 457 g/mol. The molecule has 0 radical (unpaired) electrons. The lowest BCUT2D eigenvalue weighted by Crippen LogP contribution is -2.43. The summed E-state index contributed by atoms with van der Waals surface area (Å²) in [6, 6.07) is 8.63. The van der Waals surface area contributed by atoms with Gasteiger partial charge in [0.05, 0.1) is 19.4 Å². The van der Waals surface area contributed by atoms with Gasteiger partial charge in [-0.25, -0.2) is 9.37 Å². The van der Waals surface area contributed by atoms with Crippen LogP contribution >= 0.6 is 0 Å². The molecule has 0 bridgehead atoms. The van der Waals surface area contributed by atoms with Crippen molar-refractivity contribution in [1.29, 1.82) is 0 Å². The lowest BCUT2D eigenvalue weighted by Gasteiger charge is -2.29. The molecule has 2 saturated heterocycles. The van der Waals surface area contributed by atoms with Crippen molar-refractivity contribution in [2.24, 2.45) is 0 Å². The molecule has 2 aromatic rings. The van der Waals surface area contributed by atoms with E-state index in [-0.39, 0.29) is 17.8 Å². The summed E-state index contributed by atoms with van der Waals surface area (Å²) >= 11 is 0. The summed E-state index contributed by atoms with van der Waals surface area (Å²) in [5.74, 6) is 0.345. The van der Waals surface area contributed by atoms with Crippen LogP contribution in [0.1, 0.15) is 18.5 Å². The molecule has 4 rings (SSSR count). The van der Waals surface area contributed by atoms with Crippen molar-refractivity contribution in [2.75, 3.05) is 51.4 Å². The first-order valence-corrected chi connectivity index (χ1v) is 10.4. The molecular formula is C22H27F4N3O3. The number of rotatable bonds is 4. The second-order valence-corrected chi connectivity index (χ2v) is 7.37. The van der Waals surface area contributed by atoms with E-state index >= 15 is 0 Å². The number of pyridine rings is 1. The third kappa shape index (κ3) is 6.96. The van der Waals surface area contributed by atoms with E-state index in [1.165, 1.54) is 18.2 Å². The molecule has 2 aliphatic heterocycles. The number of piperazine rings is 1. The zero-order valence-corrected chi connectivity index (χ0v) is 17.8. The fraction of sp³-hybridized carbons (Fsp3) is 0.500. The first-order chi connectivity index (χ1) is 15.4. The lowest BCUT2D eigenvalue weighted by molar-refractivity contribution is -0.141. The molecule has 0 aliphatic carbocycles. The smallest absolute Gasteiger partial charge is 0.433 e. The minimum atomic E-state index is -4.44. The standard InChI is InChI=1S/C11H12F3NO2.C11H15FN2O/c12-11(13,14)9-4-1-5-10(15-9)17-8-3-2-6-16-7-8;1-15-9-2-3-11(10(12)8-9)14-6-4-13-5-7-14/h1,4-5,8H,2-3,6-7H2;2-3,8,13H,4-7H2,1H3. The van der Waals surface area contributed by atoms with Crippen molar-refractivity contribution in [2.45, 2.75) is 25.1 Å². The molecule has 1 N–H and O–H groups in total. The van der Waals surface area contributed by atoms with Crippen LogP contribution in [0, 0.1) is 5.82 Å². The Morgan fingerprint density at radius 1 is 1.16 bits per heavy atom. The molecule has 0 saturated carbocycles. The van der Waals surface area contributed by atoms with E-state index in [0.717, 1.165) is 45.1 Å². The van der Waals surface area contributed by atoms with Crippen LogP contribution in [0.25, 0.3) is 0 Å². The van der Waals surface area contributed by atoms with E-state index in [1.54, 1.807) is 19.2 Å². The summed E-state index contributed by atoms with van der Waals surface area (Å²) in [5.41, 5.74) is -0.274. The van der Waals surface area contributed by atoms with E-state index < -0.39 is 11.9 Å². The number of hydrogen-bond donors (Lipinski definition) is 1. The van der Waals surface area contributed by atoms with Crippen LogP contribution in [0.4, 0.5) is 23.2 Å². The Balaban J connectivity index is 0.000000182. The largest absolute Gasteiger partial charge is 0.497 e. The molecule has 2 aliphatic rings. The highest BCUT2D eigenvalue weighted by molar-refractivity contribution is 5.51. The summed E-state index contributed by atoms with van der Waals surface area (Å²) < 4.78 is 66.4. The molecule has 1 aromatic heterocycles. The molecule has 6 nitrogen and oxygen atoms in total. The number of hydrogen-bond acceptors (Lipinski definition) is 6. The summed E-state index contributed by atoms with van der Waals surface area (Å²) in [6.07, 6.45) is -3.02. The minimum Gasteiger partial charge on any atom is -0.497 e. The quantitative estimate of drug-likeness (QED) is 0.703. The zero-order chi connectivity index (χ0) is 23.0. The number of halogens is 4. The van der Waals surface area contributed by atoms with Gasteiger partial charge in [0.15, 0.2) is 0 Å². The van der Waals surface area contributed by atoms with Crippen molar-refractivity contribution >= 4 is 5.69 Å². The van der Waals surface area contributed by atoms with E-state index in [4.69, 9.17) is 14.2 Å². The van der Waals surface area contributed by atoms with Gasteiger partial charge in [-0.15, -0.1) is 0 Å². The Morgan fingerprint density at radius 2 is 1.94 bits per heavy atom. The monoisotopic (exact) mass is 457 g/mol. The number of methoxy groups -OCH3 is 1. The second kappa shape index (κ2) is 11.3. The number of anilines is 1. The predicted octanol–water partition coefficient (Wildman–Crippen LogP) is 3.90. The third-order valence-electron chi connectivity index (χ3n) is 5.03. The van der Waals surface area contributed by atoms with Crippen molar-refractivity contribution in [3.63, 3.8) is 0 Å². The number of nitrogens with zero attached hydrogens (tertiary/aromatic N) is 2. The first kappa shape index (κ1) is 24.1. The SMILES string of the molecule is COc1ccc(N2CCNCC2)c(F)c1.FC(F)(F)c1cccc(OC2CCCOC2)n1. The Hall–Kier alpha value is -2.59. The number of alkyl halides is 3. The number of benzene rings is 1. The number of aromatic nitrogens is 1. The van der Waals surface area contributed by atoms with Gasteiger partial charge in [-0.2, -0.15) is 13.2 Å². The van der Waals surface area contributed by atoms with Crippen LogP contribution in [0.3, 0.4) is 0 Å². The molecule has 1 atom stereocenters. The van der Waals surface area contributed by atoms with E-state index in [9.17, 15) is 17.6 Å². The van der Waals surface area contributed by atoms with E-state index in [0.29, 0.717) is 24.7 Å². The molecule has 3 heterocycles. The highest BCUT2D eigenvalue weighted by Gasteiger charge is 2.32. The van der Waals surface area contributed by atoms with Crippen LogP contribution in [0.2, 0.25) is 0 Å². The van der Waals surface area contributed by atoms with Crippen LogP contribution in [-0.2, 0) is 10.9 Å². The number of ether oxygens (including phenoxy) is 3. The summed E-state index contributed by atoms with van der Waals surface area (Å²) in [4.78, 5) is 5.48. The van der Waals surface area contributed by atoms with Crippen molar-refractivity contribution in [1.82, 2.24) is 10.3 Å². The molecule has 1 aromatic carbocycles. The van der Waals surface area contributed by atoms with Crippen LogP contribution < -0.4 is 19.7 Å². The fourth-order valence-corrected chi connectivity index (χ4v) is 3.39. The molecular weight excluding hydrogens is 430 g/mol. The lowest BCUT2D eigenvalue weighted by atomic mass is 10.2. The van der Waals surface area contributed by atoms with Gasteiger partial charge >= 0.3 is 6.18 Å². The maximum absolute atomic E-state index is 13.7. The van der Waals surface area contributed by atoms with Crippen LogP contribution in [0.15, 0.2) is 36.4 Å². The Morgan fingerprint density at radius 3 is 2.56 bits per heavy atom.